The Balaban J connectivity index is 0.00000499. The number of phenols is 3. The van der Waals surface area contributed by atoms with Crippen LogP contribution in [0.15, 0.2) is 97.1 Å². The van der Waals surface area contributed by atoms with Crippen LogP contribution in [0, 0.1) is 35.6 Å². The summed E-state index contributed by atoms with van der Waals surface area (Å²) in [7, 11) is 0. The number of nitrogens with zero attached hydrogens (tertiary/aromatic N) is 4. The topological polar surface area (TPSA) is 127 Å². The summed E-state index contributed by atoms with van der Waals surface area (Å²) in [5.41, 5.74) is 2.38. The first-order chi connectivity index (χ1) is 28.6. The summed E-state index contributed by atoms with van der Waals surface area (Å²) in [6.07, 6.45) is 11.7. The summed E-state index contributed by atoms with van der Waals surface area (Å²) >= 11 is 0. The average Bonchev–Trinajstić information content (AvgIpc) is 4.06. The number of nitrogens with one attached hydrogen (secondary N) is 1. The second-order valence-corrected chi connectivity index (χ2v) is 13.6. The Morgan fingerprint density at radius 3 is 1.20 bits per heavy atom. The number of hydrogen-bond donors (Lipinski definition) is 4. The Morgan fingerprint density at radius 1 is 0.500 bits per heavy atom. The van der Waals surface area contributed by atoms with Gasteiger partial charge in [0.1, 0.15) is 22.9 Å². The Morgan fingerprint density at radius 2 is 0.850 bits per heavy atom. The fraction of sp³-hybridized carbons (Fsp3) is 0.0213. The minimum atomic E-state index is -1.71. The van der Waals surface area contributed by atoms with Crippen molar-refractivity contribution in [3.05, 3.63) is 143 Å². The number of benzene rings is 4. The Kier molecular flexibility index (Phi) is 10.3. The normalized spacial score (nSPS) is 11.7. The summed E-state index contributed by atoms with van der Waals surface area (Å²) in [6.45, 7) is -0.409. The standard InChI is InChI=1S/C47H27F4N5O3.Zn/c1-2-20-52-47-45(50)43(48)42(44(49)46(47)51)41-36-18-16-34(55-36)39(25-7-4-10-28(58)22-25)32-14-12-30(53-32)38(24-6-3-9-27(57)21-24)31-13-15-33(54-31)40(35-17-19-37(41)56-35)26-8-5-11-29(59)23-26;/h1,3-19,21-23H,20H2,(H4-2,52,53,54,55,56,57,58,59);/q-2;+2. The molecule has 0 saturated carbocycles. The van der Waals surface area contributed by atoms with E-state index in [4.69, 9.17) is 26.4 Å². The fourth-order valence-corrected chi connectivity index (χ4v) is 7.36. The minimum absolute atomic E-state index is 0. The molecule has 0 unspecified atom stereocenters. The molecule has 288 valence electrons. The van der Waals surface area contributed by atoms with Crippen molar-refractivity contribution in [1.29, 1.82) is 0 Å². The number of terminal acetylenes is 1. The third kappa shape index (κ3) is 6.87. The molecule has 60 heavy (non-hydrogen) atoms. The smallest absolute Gasteiger partial charge is 0.657 e. The summed E-state index contributed by atoms with van der Waals surface area (Å²) < 4.78 is 64.2. The molecular formula is C47H27F4N5O3Zn. The molecule has 0 spiro atoms. The van der Waals surface area contributed by atoms with Crippen LogP contribution in [0.5, 0.6) is 17.2 Å². The Bertz CT molecular complexity index is 3110. The number of halogens is 4. The van der Waals surface area contributed by atoms with E-state index in [0.717, 1.165) is 0 Å². The van der Waals surface area contributed by atoms with E-state index in [2.05, 4.69) is 11.2 Å². The van der Waals surface area contributed by atoms with E-state index >= 15 is 17.6 Å². The van der Waals surface area contributed by atoms with Gasteiger partial charge in [-0.15, -0.1) is 28.5 Å². The second-order valence-electron chi connectivity index (χ2n) is 13.6. The first kappa shape index (κ1) is 39.4. The van der Waals surface area contributed by atoms with Crippen LogP contribution < -0.4 is 15.3 Å². The zero-order valence-electron chi connectivity index (χ0n) is 31.2. The molecule has 7 aromatic rings. The van der Waals surface area contributed by atoms with Gasteiger partial charge < -0.3 is 30.6 Å². The third-order valence-corrected chi connectivity index (χ3v) is 9.89. The molecular weight excluding hydrogens is 824 g/mol. The van der Waals surface area contributed by atoms with Crippen LogP contribution in [0.1, 0.15) is 22.8 Å². The molecule has 2 aliphatic rings. The van der Waals surface area contributed by atoms with Gasteiger partial charge >= 0.3 is 19.5 Å². The van der Waals surface area contributed by atoms with Crippen LogP contribution in [0.4, 0.5) is 23.2 Å². The summed E-state index contributed by atoms with van der Waals surface area (Å²) in [6, 6.07) is 25.8. The molecule has 2 aliphatic heterocycles. The molecule has 4 aromatic carbocycles. The van der Waals surface area contributed by atoms with Crippen molar-refractivity contribution in [2.75, 3.05) is 11.9 Å². The first-order valence-corrected chi connectivity index (χ1v) is 18.1. The number of rotatable bonds is 6. The van der Waals surface area contributed by atoms with E-state index in [-0.39, 0.29) is 64.7 Å². The number of anilines is 1. The van der Waals surface area contributed by atoms with Gasteiger partial charge in [0.15, 0.2) is 23.3 Å². The maximum Gasteiger partial charge on any atom is 2.00 e. The van der Waals surface area contributed by atoms with E-state index in [1.807, 2.05) is 6.07 Å². The van der Waals surface area contributed by atoms with Gasteiger partial charge in [0.2, 0.25) is 0 Å². The second kappa shape index (κ2) is 15.7. The number of phenolic OH excluding ortho intramolecular Hbond substituents is 3. The third-order valence-electron chi connectivity index (χ3n) is 9.89. The molecule has 0 amide bonds. The first-order valence-electron chi connectivity index (χ1n) is 18.1. The van der Waals surface area contributed by atoms with Crippen molar-refractivity contribution < 1.29 is 52.4 Å². The molecule has 0 saturated heterocycles. The molecule has 8 bridgehead atoms. The van der Waals surface area contributed by atoms with Crippen molar-refractivity contribution >= 4 is 52.1 Å². The van der Waals surface area contributed by atoms with Crippen molar-refractivity contribution in [2.24, 2.45) is 0 Å². The van der Waals surface area contributed by atoms with Gasteiger partial charge in [0.05, 0.1) is 34.9 Å². The van der Waals surface area contributed by atoms with Crippen LogP contribution in [-0.2, 0) is 19.5 Å². The molecule has 3 aromatic heterocycles. The quantitative estimate of drug-likeness (QED) is 0.0564. The van der Waals surface area contributed by atoms with Gasteiger partial charge in [-0.1, -0.05) is 66.6 Å². The largest absolute Gasteiger partial charge is 2.00 e. The van der Waals surface area contributed by atoms with Crippen molar-refractivity contribution in [1.82, 2.24) is 19.9 Å². The van der Waals surface area contributed by atoms with Crippen LogP contribution in [0.2, 0.25) is 0 Å². The van der Waals surface area contributed by atoms with Crippen molar-refractivity contribution in [3.63, 3.8) is 0 Å². The number of aromatic hydroxyl groups is 3. The van der Waals surface area contributed by atoms with Gasteiger partial charge in [-0.05, 0) is 99.6 Å². The number of fused-ring (bicyclic) bond motifs is 8. The molecule has 0 aliphatic carbocycles. The Labute approximate surface area is 352 Å². The van der Waals surface area contributed by atoms with Crippen molar-refractivity contribution in [3.8, 4) is 74.1 Å². The van der Waals surface area contributed by atoms with Crippen LogP contribution in [-0.4, -0.2) is 31.8 Å². The number of aromatic nitrogens is 4. The van der Waals surface area contributed by atoms with Gasteiger partial charge in [-0.2, -0.15) is 0 Å². The summed E-state index contributed by atoms with van der Waals surface area (Å²) in [5.74, 6) is -4.81. The molecule has 4 N–H and O–H groups in total. The summed E-state index contributed by atoms with van der Waals surface area (Å²) in [4.78, 5) is 19.7. The predicted octanol–water partition coefficient (Wildman–Crippen LogP) is 10.3. The van der Waals surface area contributed by atoms with Gasteiger partial charge in [-0.3, -0.25) is 0 Å². The maximum absolute atomic E-state index is 16.3. The van der Waals surface area contributed by atoms with Gasteiger partial charge in [0, 0.05) is 0 Å². The molecule has 13 heteroatoms. The van der Waals surface area contributed by atoms with Gasteiger partial charge in [0.25, 0.3) is 0 Å². The van der Waals surface area contributed by atoms with E-state index < -0.39 is 41.1 Å². The van der Waals surface area contributed by atoms with Gasteiger partial charge in [-0.25, -0.2) is 27.5 Å². The zero-order valence-corrected chi connectivity index (χ0v) is 34.1. The van der Waals surface area contributed by atoms with E-state index in [1.54, 1.807) is 78.9 Å². The maximum atomic E-state index is 16.3. The molecule has 0 radical (unpaired) electrons. The van der Waals surface area contributed by atoms with Crippen LogP contribution in [0.3, 0.4) is 0 Å². The molecule has 0 atom stereocenters. The molecule has 5 heterocycles. The Hall–Kier alpha value is -7.42. The molecule has 8 nitrogen and oxygen atoms in total. The average molecular weight is 851 g/mol. The van der Waals surface area contributed by atoms with Crippen LogP contribution >= 0.6 is 0 Å². The summed E-state index contributed by atoms with van der Waals surface area (Å²) in [5, 5.41) is 33.9. The molecule has 0 fully saturated rings. The zero-order chi connectivity index (χ0) is 40.9. The van der Waals surface area contributed by atoms with Crippen molar-refractivity contribution in [2.45, 2.75) is 0 Å². The number of hydrogen-bond acceptors (Lipinski definition) is 6. The minimum Gasteiger partial charge on any atom is -0.657 e. The van der Waals surface area contributed by atoms with E-state index in [1.165, 1.54) is 36.4 Å². The predicted molar refractivity (Wildman–Crippen MR) is 221 cm³/mol. The SMILES string of the molecule is C#CCNc1c(F)c(F)c(-c2c3nc(c(-c4cccc(O)c4)c4ccc([n-]4)c(-c4cccc(O)c4)c4nc(c(-c5cccc(O)c5)c5ccc2[n-]5)C=C4)C=C3)c(F)c1F.[Zn+2]. The fourth-order valence-electron chi connectivity index (χ4n) is 7.36. The monoisotopic (exact) mass is 849 g/mol. The molecule has 9 rings (SSSR count). The van der Waals surface area contributed by atoms with E-state index in [0.29, 0.717) is 55.8 Å². The van der Waals surface area contributed by atoms with E-state index in [9.17, 15) is 15.3 Å². The van der Waals surface area contributed by atoms with Crippen LogP contribution in [0.25, 0.3) is 90.9 Å².